The lowest BCUT2D eigenvalue weighted by atomic mass is 10.2. The van der Waals surface area contributed by atoms with Gasteiger partial charge in [0.2, 0.25) is 0 Å². The molecule has 0 amide bonds. The summed E-state index contributed by atoms with van der Waals surface area (Å²) in [5.41, 5.74) is 1.03. The lowest BCUT2D eigenvalue weighted by Crippen LogP contribution is -1.84. The Hall–Kier alpha value is -1.20. The number of nitrogens with zero attached hydrogens (tertiary/aromatic N) is 1. The first kappa shape index (κ1) is 11.3. The average molecular weight is 304 g/mol. The zero-order valence-electron chi connectivity index (χ0n) is 7.80. The lowest BCUT2D eigenvalue weighted by Gasteiger charge is -2.00. The summed E-state index contributed by atoms with van der Waals surface area (Å²) in [4.78, 5) is 17.3. The number of hydrogen-bond acceptors (Lipinski definition) is 2. The first-order chi connectivity index (χ1) is 7.61. The van der Waals surface area contributed by atoms with Crippen LogP contribution in [0.2, 0.25) is 5.02 Å². The standard InChI is InChI=1S/C10H5BrClFN2O/c11-10-9(14-8(4-16)15-10)6-2-1-5(13)3-7(6)12/h1-4H,(H,14,15). The van der Waals surface area contributed by atoms with Crippen LogP contribution in [0.15, 0.2) is 22.8 Å². The van der Waals surface area contributed by atoms with E-state index in [9.17, 15) is 9.18 Å². The molecule has 0 fully saturated rings. The second-order valence-corrected chi connectivity index (χ2v) is 4.23. The summed E-state index contributed by atoms with van der Waals surface area (Å²) < 4.78 is 13.4. The number of carbonyl (C=O) groups is 1. The van der Waals surface area contributed by atoms with Crippen molar-refractivity contribution < 1.29 is 9.18 Å². The van der Waals surface area contributed by atoms with Crippen LogP contribution in [-0.4, -0.2) is 16.3 Å². The highest BCUT2D eigenvalue weighted by molar-refractivity contribution is 9.10. The van der Waals surface area contributed by atoms with Gasteiger partial charge in [-0.1, -0.05) is 11.6 Å². The van der Waals surface area contributed by atoms with E-state index in [1.54, 1.807) is 0 Å². The van der Waals surface area contributed by atoms with Gasteiger partial charge >= 0.3 is 0 Å². The smallest absolute Gasteiger partial charge is 0.185 e. The topological polar surface area (TPSA) is 45.8 Å². The number of hydrogen-bond donors (Lipinski definition) is 1. The van der Waals surface area contributed by atoms with E-state index in [1.165, 1.54) is 18.2 Å². The van der Waals surface area contributed by atoms with E-state index in [-0.39, 0.29) is 10.8 Å². The van der Waals surface area contributed by atoms with Crippen molar-refractivity contribution in [3.05, 3.63) is 39.5 Å². The van der Waals surface area contributed by atoms with E-state index < -0.39 is 5.82 Å². The maximum Gasteiger partial charge on any atom is 0.185 e. The van der Waals surface area contributed by atoms with Crippen LogP contribution in [-0.2, 0) is 0 Å². The maximum atomic E-state index is 12.9. The van der Waals surface area contributed by atoms with Crippen LogP contribution in [0.25, 0.3) is 11.3 Å². The Morgan fingerprint density at radius 3 is 2.81 bits per heavy atom. The van der Waals surface area contributed by atoms with Crippen molar-refractivity contribution in [2.24, 2.45) is 0 Å². The van der Waals surface area contributed by atoms with Crippen molar-refractivity contribution in [3.63, 3.8) is 0 Å². The molecule has 0 atom stereocenters. The van der Waals surface area contributed by atoms with Gasteiger partial charge in [-0.05, 0) is 34.1 Å². The SMILES string of the molecule is O=Cc1nc(-c2ccc(F)cc2Cl)c(Br)[nH]1. The second kappa shape index (κ2) is 4.35. The minimum atomic E-state index is -0.420. The third kappa shape index (κ3) is 2.01. The molecule has 2 aromatic rings. The Kier molecular flexibility index (Phi) is 3.07. The molecule has 3 nitrogen and oxygen atoms in total. The molecule has 0 saturated carbocycles. The number of nitrogens with one attached hydrogen (secondary N) is 1. The average Bonchev–Trinajstić information content (AvgIpc) is 2.60. The van der Waals surface area contributed by atoms with E-state index in [0.717, 1.165) is 0 Å². The van der Waals surface area contributed by atoms with Crippen LogP contribution in [0.5, 0.6) is 0 Å². The molecule has 1 N–H and O–H groups in total. The van der Waals surface area contributed by atoms with Gasteiger partial charge in [0, 0.05) is 5.56 Å². The summed E-state index contributed by atoms with van der Waals surface area (Å²) in [6.45, 7) is 0. The summed E-state index contributed by atoms with van der Waals surface area (Å²) >= 11 is 9.10. The van der Waals surface area contributed by atoms with Crippen molar-refractivity contribution in [2.45, 2.75) is 0 Å². The normalized spacial score (nSPS) is 10.4. The minimum Gasteiger partial charge on any atom is -0.330 e. The molecule has 82 valence electrons. The molecule has 1 aromatic carbocycles. The monoisotopic (exact) mass is 302 g/mol. The molecule has 1 aromatic heterocycles. The Labute approximate surface area is 104 Å². The van der Waals surface area contributed by atoms with Crippen molar-refractivity contribution in [1.82, 2.24) is 9.97 Å². The highest BCUT2D eigenvalue weighted by atomic mass is 79.9. The van der Waals surface area contributed by atoms with Crippen molar-refractivity contribution >= 4 is 33.8 Å². The number of imidazole rings is 1. The Bertz CT molecular complexity index is 556. The Morgan fingerprint density at radius 2 is 2.25 bits per heavy atom. The molecule has 0 spiro atoms. The van der Waals surface area contributed by atoms with Crippen LogP contribution >= 0.6 is 27.5 Å². The van der Waals surface area contributed by atoms with Crippen molar-refractivity contribution in [2.75, 3.05) is 0 Å². The summed E-state index contributed by atoms with van der Waals surface area (Å²) in [6, 6.07) is 3.98. The van der Waals surface area contributed by atoms with Gasteiger partial charge < -0.3 is 4.98 Å². The molecule has 0 unspecified atom stereocenters. The van der Waals surface area contributed by atoms with E-state index >= 15 is 0 Å². The van der Waals surface area contributed by atoms with Gasteiger partial charge in [-0.3, -0.25) is 4.79 Å². The van der Waals surface area contributed by atoms with Crippen LogP contribution in [0.4, 0.5) is 4.39 Å². The van der Waals surface area contributed by atoms with Crippen molar-refractivity contribution in [3.8, 4) is 11.3 Å². The van der Waals surface area contributed by atoms with E-state index in [2.05, 4.69) is 25.9 Å². The van der Waals surface area contributed by atoms with Crippen LogP contribution < -0.4 is 0 Å². The predicted molar refractivity (Wildman–Crippen MR) is 62.1 cm³/mol. The number of aromatic nitrogens is 2. The molecule has 16 heavy (non-hydrogen) atoms. The fourth-order valence-corrected chi connectivity index (χ4v) is 2.05. The fourth-order valence-electron chi connectivity index (χ4n) is 1.28. The third-order valence-electron chi connectivity index (χ3n) is 1.98. The molecule has 2 rings (SSSR count). The third-order valence-corrected chi connectivity index (χ3v) is 2.86. The zero-order chi connectivity index (χ0) is 11.7. The molecule has 0 bridgehead atoms. The van der Waals surface area contributed by atoms with Gasteiger partial charge in [0.05, 0.1) is 5.02 Å². The first-order valence-corrected chi connectivity index (χ1v) is 5.45. The molecule has 0 saturated heterocycles. The molecular formula is C10H5BrClFN2O. The number of H-pyrrole nitrogens is 1. The van der Waals surface area contributed by atoms with E-state index in [4.69, 9.17) is 11.6 Å². The maximum absolute atomic E-state index is 12.9. The molecule has 1 heterocycles. The number of aldehydes is 1. The van der Waals surface area contributed by atoms with Crippen LogP contribution in [0.3, 0.4) is 0 Å². The molecule has 0 aliphatic carbocycles. The number of aromatic amines is 1. The second-order valence-electron chi connectivity index (χ2n) is 3.03. The Morgan fingerprint density at radius 1 is 1.50 bits per heavy atom. The van der Waals surface area contributed by atoms with Gasteiger partial charge in [-0.2, -0.15) is 0 Å². The molecule has 6 heteroatoms. The molecular weight excluding hydrogens is 298 g/mol. The van der Waals surface area contributed by atoms with Gasteiger partial charge in [0.15, 0.2) is 12.1 Å². The van der Waals surface area contributed by atoms with E-state index in [1.807, 2.05) is 0 Å². The largest absolute Gasteiger partial charge is 0.330 e. The highest BCUT2D eigenvalue weighted by Gasteiger charge is 2.13. The summed E-state index contributed by atoms with van der Waals surface area (Å²) in [5, 5.41) is 0.240. The van der Waals surface area contributed by atoms with Gasteiger partial charge in [0.25, 0.3) is 0 Å². The minimum absolute atomic E-state index is 0.183. The number of carbonyl (C=O) groups excluding carboxylic acids is 1. The highest BCUT2D eigenvalue weighted by Crippen LogP contribution is 2.31. The molecule has 0 radical (unpaired) electrons. The lowest BCUT2D eigenvalue weighted by molar-refractivity contribution is 0.111. The molecule has 0 aliphatic heterocycles. The number of rotatable bonds is 2. The van der Waals surface area contributed by atoms with Gasteiger partial charge in [-0.25, -0.2) is 9.37 Å². The van der Waals surface area contributed by atoms with Crippen LogP contribution in [0.1, 0.15) is 10.6 Å². The first-order valence-electron chi connectivity index (χ1n) is 4.28. The summed E-state index contributed by atoms with van der Waals surface area (Å²) in [6.07, 6.45) is 0.589. The summed E-state index contributed by atoms with van der Waals surface area (Å²) in [5.74, 6) is -0.238. The predicted octanol–water partition coefficient (Wildman–Crippen LogP) is 3.44. The molecule has 0 aliphatic rings. The zero-order valence-corrected chi connectivity index (χ0v) is 10.1. The summed E-state index contributed by atoms with van der Waals surface area (Å²) in [7, 11) is 0. The fraction of sp³-hybridized carbons (Fsp3) is 0. The van der Waals surface area contributed by atoms with E-state index in [0.29, 0.717) is 22.1 Å². The Balaban J connectivity index is 2.57. The van der Waals surface area contributed by atoms with Crippen molar-refractivity contribution in [1.29, 1.82) is 0 Å². The van der Waals surface area contributed by atoms with Gasteiger partial charge in [-0.15, -0.1) is 0 Å². The van der Waals surface area contributed by atoms with Crippen LogP contribution in [0, 0.1) is 5.82 Å². The number of benzene rings is 1. The van der Waals surface area contributed by atoms with Gasteiger partial charge in [0.1, 0.15) is 16.1 Å². The number of halogens is 3. The quantitative estimate of drug-likeness (QED) is 0.864.